The molecule has 3 rings (SSSR count). The molecule has 6 nitrogen and oxygen atoms in total. The van der Waals surface area contributed by atoms with Crippen molar-refractivity contribution in [3.8, 4) is 0 Å². The fourth-order valence-corrected chi connectivity index (χ4v) is 2.26. The van der Waals surface area contributed by atoms with Gasteiger partial charge in [0.25, 0.3) is 0 Å². The predicted octanol–water partition coefficient (Wildman–Crippen LogP) is 2.03. The lowest BCUT2D eigenvalue weighted by Gasteiger charge is -2.10. The summed E-state index contributed by atoms with van der Waals surface area (Å²) in [5.41, 5.74) is 1.99. The van der Waals surface area contributed by atoms with Crippen molar-refractivity contribution >= 4 is 16.9 Å². The molecule has 0 spiro atoms. The maximum Gasteiger partial charge on any atom is 0.191 e. The van der Waals surface area contributed by atoms with Crippen molar-refractivity contribution in [1.82, 2.24) is 20.4 Å². The van der Waals surface area contributed by atoms with Gasteiger partial charge in [-0.25, -0.2) is 0 Å². The molecule has 0 aliphatic rings. The van der Waals surface area contributed by atoms with Crippen LogP contribution in [0.5, 0.6) is 0 Å². The summed E-state index contributed by atoms with van der Waals surface area (Å²) in [6, 6.07) is 12.0. The number of para-hydroxylation sites is 1. The van der Waals surface area contributed by atoms with Gasteiger partial charge in [-0.15, -0.1) is 0 Å². The fraction of sp³-hybridized carbons (Fsp3) is 0.250. The van der Waals surface area contributed by atoms with Crippen LogP contribution in [0.3, 0.4) is 0 Å². The number of hydrogen-bond acceptors (Lipinski definition) is 3. The van der Waals surface area contributed by atoms with E-state index in [0.29, 0.717) is 13.1 Å². The standard InChI is InChI=1S/C16H19N5O/c1-17-16(18-10-13-7-8-20-21(13)2)19-11-14-9-12-5-3-4-6-15(12)22-14/h3-9H,10-11H2,1-2H3,(H2,17,18,19). The normalized spacial score (nSPS) is 11.8. The first-order valence-corrected chi connectivity index (χ1v) is 7.15. The smallest absolute Gasteiger partial charge is 0.191 e. The van der Waals surface area contributed by atoms with Crippen LogP contribution in [-0.2, 0) is 20.1 Å². The van der Waals surface area contributed by atoms with Crippen LogP contribution in [0.4, 0.5) is 0 Å². The summed E-state index contributed by atoms with van der Waals surface area (Å²) in [6.45, 7) is 1.25. The van der Waals surface area contributed by atoms with E-state index in [0.717, 1.165) is 28.4 Å². The third-order valence-corrected chi connectivity index (χ3v) is 3.49. The largest absolute Gasteiger partial charge is 0.459 e. The number of aromatic nitrogens is 2. The Hall–Kier alpha value is -2.76. The summed E-state index contributed by atoms with van der Waals surface area (Å²) in [4.78, 5) is 4.21. The maximum atomic E-state index is 5.77. The zero-order chi connectivity index (χ0) is 15.4. The third-order valence-electron chi connectivity index (χ3n) is 3.49. The highest BCUT2D eigenvalue weighted by molar-refractivity contribution is 5.80. The molecule has 22 heavy (non-hydrogen) atoms. The summed E-state index contributed by atoms with van der Waals surface area (Å²) < 4.78 is 7.61. The van der Waals surface area contributed by atoms with Crippen LogP contribution < -0.4 is 10.6 Å². The zero-order valence-electron chi connectivity index (χ0n) is 12.7. The summed E-state index contributed by atoms with van der Waals surface area (Å²) in [7, 11) is 3.67. The first kappa shape index (κ1) is 14.2. The quantitative estimate of drug-likeness (QED) is 0.571. The number of nitrogens with zero attached hydrogens (tertiary/aromatic N) is 3. The molecule has 2 aromatic heterocycles. The minimum absolute atomic E-state index is 0.583. The van der Waals surface area contributed by atoms with Crippen molar-refractivity contribution < 1.29 is 4.42 Å². The first-order valence-electron chi connectivity index (χ1n) is 7.15. The molecule has 0 saturated heterocycles. The highest BCUT2D eigenvalue weighted by Crippen LogP contribution is 2.18. The predicted molar refractivity (Wildman–Crippen MR) is 86.5 cm³/mol. The van der Waals surface area contributed by atoms with E-state index >= 15 is 0 Å². The SMILES string of the molecule is CN=C(NCc1cc2ccccc2o1)NCc1ccnn1C. The van der Waals surface area contributed by atoms with Gasteiger partial charge < -0.3 is 15.1 Å². The van der Waals surface area contributed by atoms with Gasteiger partial charge >= 0.3 is 0 Å². The topological polar surface area (TPSA) is 67.4 Å². The molecular weight excluding hydrogens is 278 g/mol. The molecule has 1 aromatic carbocycles. The Balaban J connectivity index is 1.58. The highest BCUT2D eigenvalue weighted by Gasteiger charge is 2.05. The molecule has 6 heteroatoms. The van der Waals surface area contributed by atoms with Gasteiger partial charge in [0.1, 0.15) is 11.3 Å². The number of aliphatic imine (C=N–C) groups is 1. The fourth-order valence-electron chi connectivity index (χ4n) is 2.26. The molecule has 0 bridgehead atoms. The van der Waals surface area contributed by atoms with Crippen molar-refractivity contribution in [3.63, 3.8) is 0 Å². The number of benzene rings is 1. The van der Waals surface area contributed by atoms with E-state index in [2.05, 4.69) is 20.7 Å². The van der Waals surface area contributed by atoms with E-state index in [1.807, 2.05) is 48.1 Å². The third kappa shape index (κ3) is 3.11. The molecule has 0 atom stereocenters. The van der Waals surface area contributed by atoms with Gasteiger partial charge in [-0.2, -0.15) is 5.10 Å². The molecule has 0 saturated carbocycles. The molecular formula is C16H19N5O. The Bertz CT molecular complexity index is 754. The van der Waals surface area contributed by atoms with Gasteiger partial charge in [0, 0.05) is 25.7 Å². The van der Waals surface area contributed by atoms with Crippen LogP contribution in [0.2, 0.25) is 0 Å². The highest BCUT2D eigenvalue weighted by atomic mass is 16.3. The summed E-state index contributed by atoms with van der Waals surface area (Å²) in [5, 5.41) is 11.7. The molecule has 2 heterocycles. The van der Waals surface area contributed by atoms with Crippen molar-refractivity contribution in [1.29, 1.82) is 0 Å². The molecule has 0 unspecified atom stereocenters. The Morgan fingerprint density at radius 1 is 1.23 bits per heavy atom. The molecule has 114 valence electrons. The molecule has 0 aliphatic heterocycles. The van der Waals surface area contributed by atoms with E-state index in [1.54, 1.807) is 13.2 Å². The second-order valence-electron chi connectivity index (χ2n) is 4.98. The first-order chi connectivity index (χ1) is 10.8. The molecule has 0 radical (unpaired) electrons. The Morgan fingerprint density at radius 3 is 2.77 bits per heavy atom. The molecule has 0 aliphatic carbocycles. The van der Waals surface area contributed by atoms with Gasteiger partial charge in [0.05, 0.1) is 18.8 Å². The van der Waals surface area contributed by atoms with Gasteiger partial charge in [-0.3, -0.25) is 9.67 Å². The van der Waals surface area contributed by atoms with Crippen LogP contribution in [0.25, 0.3) is 11.0 Å². The summed E-state index contributed by atoms with van der Waals surface area (Å²) >= 11 is 0. The molecule has 0 amide bonds. The lowest BCUT2D eigenvalue weighted by atomic mass is 10.2. The lowest BCUT2D eigenvalue weighted by molar-refractivity contribution is 0.538. The Morgan fingerprint density at radius 2 is 2.05 bits per heavy atom. The second-order valence-corrected chi connectivity index (χ2v) is 4.98. The van der Waals surface area contributed by atoms with Crippen LogP contribution in [0.15, 0.2) is 52.0 Å². The zero-order valence-corrected chi connectivity index (χ0v) is 12.7. The van der Waals surface area contributed by atoms with E-state index in [-0.39, 0.29) is 0 Å². The summed E-state index contributed by atoms with van der Waals surface area (Å²) in [5.74, 6) is 1.60. The van der Waals surface area contributed by atoms with Crippen LogP contribution in [0, 0.1) is 0 Å². The maximum absolute atomic E-state index is 5.77. The average molecular weight is 297 g/mol. The van der Waals surface area contributed by atoms with Crippen molar-refractivity contribution in [2.24, 2.45) is 12.0 Å². The Kier molecular flexibility index (Phi) is 4.09. The van der Waals surface area contributed by atoms with Crippen LogP contribution in [-0.4, -0.2) is 22.8 Å². The summed E-state index contributed by atoms with van der Waals surface area (Å²) in [6.07, 6.45) is 1.78. The number of hydrogen-bond donors (Lipinski definition) is 2. The van der Waals surface area contributed by atoms with Crippen molar-refractivity contribution in [2.45, 2.75) is 13.1 Å². The number of furan rings is 1. The molecule has 2 N–H and O–H groups in total. The van der Waals surface area contributed by atoms with E-state index in [9.17, 15) is 0 Å². The van der Waals surface area contributed by atoms with Crippen LogP contribution in [0.1, 0.15) is 11.5 Å². The number of rotatable bonds is 4. The number of nitrogens with one attached hydrogen (secondary N) is 2. The van der Waals surface area contributed by atoms with Gasteiger partial charge in [0.2, 0.25) is 0 Å². The van der Waals surface area contributed by atoms with E-state index in [1.165, 1.54) is 0 Å². The van der Waals surface area contributed by atoms with E-state index in [4.69, 9.17) is 4.42 Å². The minimum Gasteiger partial charge on any atom is -0.459 e. The number of guanidine groups is 1. The van der Waals surface area contributed by atoms with Crippen molar-refractivity contribution in [2.75, 3.05) is 7.05 Å². The van der Waals surface area contributed by atoms with Gasteiger partial charge in [0.15, 0.2) is 5.96 Å². The molecule has 3 aromatic rings. The van der Waals surface area contributed by atoms with Crippen molar-refractivity contribution in [3.05, 3.63) is 54.0 Å². The molecule has 0 fully saturated rings. The average Bonchev–Trinajstić information content (AvgIpc) is 3.13. The minimum atomic E-state index is 0.583. The number of fused-ring (bicyclic) bond motifs is 1. The van der Waals surface area contributed by atoms with Gasteiger partial charge in [-0.05, 0) is 18.2 Å². The lowest BCUT2D eigenvalue weighted by Crippen LogP contribution is -2.36. The number of aryl methyl sites for hydroxylation is 1. The van der Waals surface area contributed by atoms with Gasteiger partial charge in [-0.1, -0.05) is 18.2 Å². The monoisotopic (exact) mass is 297 g/mol. The Labute approximate surface area is 128 Å². The van der Waals surface area contributed by atoms with Crippen LogP contribution >= 0.6 is 0 Å². The van der Waals surface area contributed by atoms with E-state index < -0.39 is 0 Å². The second kappa shape index (κ2) is 6.34.